The Kier molecular flexibility index (Phi) is 1.94. The van der Waals surface area contributed by atoms with Crippen molar-refractivity contribution in [2.45, 2.75) is 5.75 Å². The van der Waals surface area contributed by atoms with Crippen LogP contribution in [0.1, 0.15) is 5.56 Å². The second-order valence-electron chi connectivity index (χ2n) is 2.77. The van der Waals surface area contributed by atoms with Crippen LogP contribution in [-0.2, 0) is 15.8 Å². The Labute approximate surface area is 85.7 Å². The van der Waals surface area contributed by atoms with Crippen molar-refractivity contribution in [1.29, 1.82) is 0 Å². The van der Waals surface area contributed by atoms with Gasteiger partial charge in [0.2, 0.25) is 10.0 Å². The Morgan fingerprint density at radius 1 is 1.31 bits per heavy atom. The van der Waals surface area contributed by atoms with Gasteiger partial charge in [0.05, 0.1) is 11.4 Å². The van der Waals surface area contributed by atoms with E-state index in [0.29, 0.717) is 21.3 Å². The summed E-state index contributed by atoms with van der Waals surface area (Å²) in [5.74, 6) is -0.0711. The van der Waals surface area contributed by atoms with Crippen molar-refractivity contribution < 1.29 is 8.42 Å². The Morgan fingerprint density at radius 2 is 2.00 bits per heavy atom. The van der Waals surface area contributed by atoms with E-state index in [1.165, 1.54) is 6.07 Å². The standard InChI is InChI=1S/C7H5Cl2NO2S/c8-4-1-6(9)5-3-13(11,12)10-7(5)2-4/h1-2,10H,3H2. The lowest BCUT2D eigenvalue weighted by molar-refractivity contribution is 0.602. The first-order valence-electron chi connectivity index (χ1n) is 3.46. The normalized spacial score (nSPS) is 18.0. The predicted molar refractivity (Wildman–Crippen MR) is 52.7 cm³/mol. The molecule has 0 spiro atoms. The summed E-state index contributed by atoms with van der Waals surface area (Å²) < 4.78 is 24.6. The molecule has 6 heteroatoms. The van der Waals surface area contributed by atoms with E-state index >= 15 is 0 Å². The van der Waals surface area contributed by atoms with Gasteiger partial charge in [-0.1, -0.05) is 23.2 Å². The number of benzene rings is 1. The zero-order valence-electron chi connectivity index (χ0n) is 6.34. The summed E-state index contributed by atoms with van der Waals surface area (Å²) in [5.41, 5.74) is 1.07. The van der Waals surface area contributed by atoms with E-state index in [4.69, 9.17) is 23.2 Å². The predicted octanol–water partition coefficient (Wildman–Crippen LogP) is 2.25. The summed E-state index contributed by atoms with van der Waals surface area (Å²) in [6.45, 7) is 0. The molecule has 0 radical (unpaired) electrons. The zero-order valence-corrected chi connectivity index (χ0v) is 8.67. The molecule has 2 rings (SSSR count). The maximum absolute atomic E-state index is 11.1. The van der Waals surface area contributed by atoms with Crippen LogP contribution < -0.4 is 4.72 Å². The van der Waals surface area contributed by atoms with Gasteiger partial charge < -0.3 is 0 Å². The highest BCUT2D eigenvalue weighted by molar-refractivity contribution is 7.92. The number of hydrogen-bond donors (Lipinski definition) is 1. The van der Waals surface area contributed by atoms with Crippen molar-refractivity contribution in [3.8, 4) is 0 Å². The highest BCUT2D eigenvalue weighted by atomic mass is 35.5. The van der Waals surface area contributed by atoms with Gasteiger partial charge in [0.1, 0.15) is 0 Å². The number of fused-ring (bicyclic) bond motifs is 1. The van der Waals surface area contributed by atoms with Crippen LogP contribution in [0.3, 0.4) is 0 Å². The molecule has 1 heterocycles. The van der Waals surface area contributed by atoms with Gasteiger partial charge in [-0.25, -0.2) is 8.42 Å². The molecule has 1 aromatic carbocycles. The van der Waals surface area contributed by atoms with Gasteiger partial charge in [0.25, 0.3) is 0 Å². The molecule has 0 aliphatic carbocycles. The van der Waals surface area contributed by atoms with Crippen molar-refractivity contribution in [3.63, 3.8) is 0 Å². The Balaban J connectivity index is 2.64. The van der Waals surface area contributed by atoms with E-state index in [2.05, 4.69) is 4.72 Å². The molecular formula is C7H5Cl2NO2S. The molecule has 1 aliphatic heterocycles. The average Bonchev–Trinajstić information content (AvgIpc) is 2.23. The number of hydrogen-bond acceptors (Lipinski definition) is 2. The first kappa shape index (κ1) is 9.12. The van der Waals surface area contributed by atoms with Gasteiger partial charge in [-0.15, -0.1) is 0 Å². The fourth-order valence-corrected chi connectivity index (χ4v) is 3.15. The fourth-order valence-electron chi connectivity index (χ4n) is 1.23. The lowest BCUT2D eigenvalue weighted by Crippen LogP contribution is -2.05. The second-order valence-corrected chi connectivity index (χ2v) is 5.34. The first-order valence-corrected chi connectivity index (χ1v) is 5.87. The van der Waals surface area contributed by atoms with Crippen LogP contribution in [0.4, 0.5) is 5.69 Å². The van der Waals surface area contributed by atoms with Crippen molar-refractivity contribution >= 4 is 38.9 Å². The van der Waals surface area contributed by atoms with Crippen LogP contribution >= 0.6 is 23.2 Å². The molecule has 1 aliphatic rings. The summed E-state index contributed by atoms with van der Waals surface area (Å²) in [7, 11) is -3.24. The third-order valence-corrected chi connectivity index (χ3v) is 3.52. The minimum absolute atomic E-state index is 0.0711. The molecule has 0 aromatic heterocycles. The number of nitrogens with one attached hydrogen (secondary N) is 1. The topological polar surface area (TPSA) is 46.2 Å². The van der Waals surface area contributed by atoms with Crippen LogP contribution in [0, 0.1) is 0 Å². The molecule has 3 nitrogen and oxygen atoms in total. The van der Waals surface area contributed by atoms with Crippen molar-refractivity contribution in [2.24, 2.45) is 0 Å². The van der Waals surface area contributed by atoms with Crippen LogP contribution in [0.2, 0.25) is 10.0 Å². The summed E-state index contributed by atoms with van der Waals surface area (Å²) in [4.78, 5) is 0. The molecule has 0 saturated heterocycles. The molecule has 0 atom stereocenters. The summed E-state index contributed by atoms with van der Waals surface area (Å²) >= 11 is 11.5. The van der Waals surface area contributed by atoms with E-state index in [-0.39, 0.29) is 5.75 Å². The van der Waals surface area contributed by atoms with Crippen LogP contribution in [-0.4, -0.2) is 8.42 Å². The molecule has 0 bridgehead atoms. The molecular weight excluding hydrogens is 233 g/mol. The zero-order chi connectivity index (χ0) is 9.64. The maximum Gasteiger partial charge on any atom is 0.237 e. The Hall–Kier alpha value is -0.450. The lowest BCUT2D eigenvalue weighted by atomic mass is 10.2. The minimum atomic E-state index is -3.24. The highest BCUT2D eigenvalue weighted by Crippen LogP contribution is 2.35. The van der Waals surface area contributed by atoms with E-state index in [1.807, 2.05) is 0 Å². The van der Waals surface area contributed by atoms with Gasteiger partial charge in [-0.05, 0) is 12.1 Å². The lowest BCUT2D eigenvalue weighted by Gasteiger charge is -1.99. The quantitative estimate of drug-likeness (QED) is 0.753. The second kappa shape index (κ2) is 2.77. The summed E-state index contributed by atoms with van der Waals surface area (Å²) in [6.07, 6.45) is 0. The van der Waals surface area contributed by atoms with Gasteiger partial charge >= 0.3 is 0 Å². The van der Waals surface area contributed by atoms with Gasteiger partial charge in [-0.2, -0.15) is 0 Å². The number of sulfonamides is 1. The maximum atomic E-state index is 11.1. The molecule has 70 valence electrons. The third-order valence-electron chi connectivity index (χ3n) is 1.76. The van der Waals surface area contributed by atoms with E-state index < -0.39 is 10.0 Å². The smallest absolute Gasteiger partial charge is 0.237 e. The summed E-state index contributed by atoms with van der Waals surface area (Å²) in [6, 6.07) is 3.08. The number of rotatable bonds is 0. The van der Waals surface area contributed by atoms with Crippen LogP contribution in [0.25, 0.3) is 0 Å². The largest absolute Gasteiger partial charge is 0.283 e. The fraction of sp³-hybridized carbons (Fsp3) is 0.143. The van der Waals surface area contributed by atoms with Gasteiger partial charge in [0.15, 0.2) is 0 Å². The average molecular weight is 238 g/mol. The Morgan fingerprint density at radius 3 is 2.69 bits per heavy atom. The van der Waals surface area contributed by atoms with E-state index in [0.717, 1.165) is 0 Å². The molecule has 13 heavy (non-hydrogen) atoms. The number of anilines is 1. The first-order chi connectivity index (χ1) is 5.98. The molecule has 1 N–H and O–H groups in total. The van der Waals surface area contributed by atoms with Gasteiger partial charge in [0, 0.05) is 15.6 Å². The van der Waals surface area contributed by atoms with Crippen molar-refractivity contribution in [1.82, 2.24) is 0 Å². The SMILES string of the molecule is O=S1(=O)Cc2c(Cl)cc(Cl)cc2N1. The number of halogens is 2. The highest BCUT2D eigenvalue weighted by Gasteiger charge is 2.25. The Bertz CT molecular complexity index is 470. The molecule has 0 amide bonds. The van der Waals surface area contributed by atoms with Crippen molar-refractivity contribution in [2.75, 3.05) is 4.72 Å². The van der Waals surface area contributed by atoms with Crippen molar-refractivity contribution in [3.05, 3.63) is 27.7 Å². The van der Waals surface area contributed by atoms with E-state index in [9.17, 15) is 8.42 Å². The third kappa shape index (κ3) is 1.61. The molecule has 0 saturated carbocycles. The molecule has 0 unspecified atom stereocenters. The van der Waals surface area contributed by atoms with E-state index in [1.54, 1.807) is 6.07 Å². The van der Waals surface area contributed by atoms with Gasteiger partial charge in [-0.3, -0.25) is 4.72 Å². The summed E-state index contributed by atoms with van der Waals surface area (Å²) in [5, 5.41) is 0.810. The van der Waals surface area contributed by atoms with Crippen LogP contribution in [0.15, 0.2) is 12.1 Å². The van der Waals surface area contributed by atoms with Crippen LogP contribution in [0.5, 0.6) is 0 Å². The molecule has 1 aromatic rings. The minimum Gasteiger partial charge on any atom is -0.283 e. The molecule has 0 fully saturated rings. The monoisotopic (exact) mass is 237 g/mol.